The molecule has 0 aromatic heterocycles. The highest BCUT2D eigenvalue weighted by Crippen LogP contribution is 2.40. The smallest absolute Gasteiger partial charge is 0.286 e. The Morgan fingerprint density at radius 1 is 1.11 bits per heavy atom. The molecule has 2 N–H and O–H groups in total. The van der Waals surface area contributed by atoms with Crippen LogP contribution in [0.5, 0.6) is 0 Å². The zero-order chi connectivity index (χ0) is 26.8. The summed E-state index contributed by atoms with van der Waals surface area (Å²) >= 11 is 0. The van der Waals surface area contributed by atoms with Gasteiger partial charge in [0, 0.05) is 6.54 Å². The number of rotatable bonds is 4. The highest BCUT2D eigenvalue weighted by atomic mass is 32.2. The molecule has 0 radical (unpaired) electrons. The molecule has 38 heavy (non-hydrogen) atoms. The normalized spacial score (nSPS) is 23.5. The van der Waals surface area contributed by atoms with E-state index >= 15 is 0 Å². The zero-order valence-electron chi connectivity index (χ0n) is 20.0. The SMILES string of the molecule is O=C1C(C2=NS(=O)(=O)c3cc(C4CCCS4(=O)=O)ccc3N2)=C(O)C2=CCCN2N1Cc1ccc(F)cc1. The van der Waals surface area contributed by atoms with Crippen molar-refractivity contribution >= 4 is 37.3 Å². The number of hydrogen-bond acceptors (Lipinski definition) is 8. The van der Waals surface area contributed by atoms with Crippen molar-refractivity contribution in [2.24, 2.45) is 4.40 Å². The third-order valence-corrected chi connectivity index (χ3v) is 10.7. The first-order chi connectivity index (χ1) is 18.0. The second kappa shape index (κ2) is 8.67. The predicted molar refractivity (Wildman–Crippen MR) is 136 cm³/mol. The van der Waals surface area contributed by atoms with E-state index in [1.54, 1.807) is 29.3 Å². The summed E-state index contributed by atoms with van der Waals surface area (Å²) in [4.78, 5) is 13.5. The van der Waals surface area contributed by atoms with E-state index < -0.39 is 42.6 Å². The largest absolute Gasteiger partial charge is 0.505 e. The topological polar surface area (TPSA) is 136 Å². The minimum Gasteiger partial charge on any atom is -0.505 e. The maximum Gasteiger partial charge on any atom is 0.286 e. The molecule has 0 spiro atoms. The van der Waals surface area contributed by atoms with E-state index in [9.17, 15) is 31.1 Å². The number of hydrogen-bond donors (Lipinski definition) is 2. The van der Waals surface area contributed by atoms with Gasteiger partial charge in [0.05, 0.1) is 28.9 Å². The number of benzene rings is 2. The van der Waals surface area contributed by atoms with Crippen molar-refractivity contribution in [1.82, 2.24) is 10.0 Å². The first-order valence-electron chi connectivity index (χ1n) is 12.0. The second-order valence-corrected chi connectivity index (χ2v) is 13.4. The number of carbonyl (C=O) groups excluding carboxylic acids is 1. The Labute approximate surface area is 218 Å². The first-order valence-corrected chi connectivity index (χ1v) is 15.2. The first kappa shape index (κ1) is 24.6. The van der Waals surface area contributed by atoms with Gasteiger partial charge in [-0.25, -0.2) is 17.8 Å². The van der Waals surface area contributed by atoms with Crippen molar-refractivity contribution in [2.45, 2.75) is 36.0 Å². The number of amidine groups is 1. The molecule has 13 heteroatoms. The maximum atomic E-state index is 13.7. The lowest BCUT2D eigenvalue weighted by Gasteiger charge is -2.39. The molecule has 4 aliphatic rings. The van der Waals surface area contributed by atoms with Gasteiger partial charge >= 0.3 is 0 Å². The van der Waals surface area contributed by atoms with Crippen molar-refractivity contribution in [3.05, 3.63) is 82.5 Å². The number of nitrogens with zero attached hydrogens (tertiary/aromatic N) is 3. The summed E-state index contributed by atoms with van der Waals surface area (Å²) in [5.41, 5.74) is 1.16. The average molecular weight is 559 g/mol. The minimum atomic E-state index is -4.34. The van der Waals surface area contributed by atoms with Crippen LogP contribution in [0.25, 0.3) is 0 Å². The molecular weight excluding hydrogens is 535 g/mol. The number of aliphatic hydroxyl groups is 1. The molecule has 1 fully saturated rings. The van der Waals surface area contributed by atoms with Crippen LogP contribution in [0.3, 0.4) is 0 Å². The summed E-state index contributed by atoms with van der Waals surface area (Å²) in [6.07, 6.45) is 3.20. The molecule has 6 rings (SSSR count). The Morgan fingerprint density at radius 3 is 2.58 bits per heavy atom. The molecule has 10 nitrogen and oxygen atoms in total. The Morgan fingerprint density at radius 2 is 1.87 bits per heavy atom. The number of amides is 1. The van der Waals surface area contributed by atoms with Crippen LogP contribution in [-0.4, -0.2) is 56.0 Å². The van der Waals surface area contributed by atoms with Gasteiger partial charge in [0.25, 0.3) is 15.9 Å². The predicted octanol–water partition coefficient (Wildman–Crippen LogP) is 2.95. The van der Waals surface area contributed by atoms with E-state index in [4.69, 9.17) is 0 Å². The Hall–Kier alpha value is -3.71. The summed E-state index contributed by atoms with van der Waals surface area (Å²) in [7, 11) is -7.70. The van der Waals surface area contributed by atoms with Crippen molar-refractivity contribution < 1.29 is 31.1 Å². The van der Waals surface area contributed by atoms with Crippen LogP contribution in [-0.2, 0) is 31.2 Å². The van der Waals surface area contributed by atoms with E-state index in [2.05, 4.69) is 9.71 Å². The molecule has 1 saturated heterocycles. The zero-order valence-corrected chi connectivity index (χ0v) is 21.6. The van der Waals surface area contributed by atoms with Gasteiger partial charge < -0.3 is 10.4 Å². The lowest BCUT2D eigenvalue weighted by molar-refractivity contribution is -0.143. The molecule has 0 aliphatic carbocycles. The number of aliphatic hydroxyl groups excluding tert-OH is 1. The summed E-state index contributed by atoms with van der Waals surface area (Å²) in [6, 6.07) is 9.95. The number of halogens is 1. The lowest BCUT2D eigenvalue weighted by atomic mass is 10.1. The summed E-state index contributed by atoms with van der Waals surface area (Å²) in [6.45, 7) is 0.483. The molecule has 198 valence electrons. The fraction of sp³-hybridized carbons (Fsp3) is 0.280. The maximum absolute atomic E-state index is 13.7. The summed E-state index contributed by atoms with van der Waals surface area (Å²) in [5, 5.41) is 16.1. The fourth-order valence-corrected chi connectivity index (χ4v) is 8.37. The third-order valence-electron chi connectivity index (χ3n) is 7.11. The Balaban J connectivity index is 1.38. The molecule has 2 aromatic carbocycles. The molecule has 1 unspecified atom stereocenters. The molecule has 0 saturated carbocycles. The monoisotopic (exact) mass is 558 g/mol. The second-order valence-electron chi connectivity index (χ2n) is 9.51. The number of carbonyl (C=O) groups is 1. The van der Waals surface area contributed by atoms with Crippen LogP contribution in [0.15, 0.2) is 74.9 Å². The van der Waals surface area contributed by atoms with Crippen LogP contribution in [0.4, 0.5) is 10.1 Å². The van der Waals surface area contributed by atoms with Crippen LogP contribution in [0.1, 0.15) is 35.6 Å². The highest BCUT2D eigenvalue weighted by Gasteiger charge is 2.42. The van der Waals surface area contributed by atoms with Gasteiger partial charge in [-0.15, -0.1) is 4.40 Å². The molecule has 4 heterocycles. The summed E-state index contributed by atoms with van der Waals surface area (Å²) in [5.74, 6) is -1.78. The molecule has 1 amide bonds. The number of sulfone groups is 1. The Bertz CT molecular complexity index is 1680. The van der Waals surface area contributed by atoms with Gasteiger partial charge in [-0.3, -0.25) is 9.80 Å². The number of anilines is 1. The quantitative estimate of drug-likeness (QED) is 0.585. The Kier molecular flexibility index (Phi) is 5.61. The van der Waals surface area contributed by atoms with E-state index in [0.29, 0.717) is 42.6 Å². The summed E-state index contributed by atoms with van der Waals surface area (Å²) < 4.78 is 68.5. The molecule has 4 aliphatic heterocycles. The van der Waals surface area contributed by atoms with Gasteiger partial charge in [-0.05, 0) is 54.7 Å². The van der Waals surface area contributed by atoms with Crippen LogP contribution in [0.2, 0.25) is 0 Å². The molecule has 2 aromatic rings. The van der Waals surface area contributed by atoms with Crippen LogP contribution < -0.4 is 5.32 Å². The van der Waals surface area contributed by atoms with Gasteiger partial charge in [-0.2, -0.15) is 8.42 Å². The minimum absolute atomic E-state index is 0.0545. The lowest BCUT2D eigenvalue weighted by Crippen LogP contribution is -2.50. The van der Waals surface area contributed by atoms with Gasteiger partial charge in [0.1, 0.15) is 16.3 Å². The number of fused-ring (bicyclic) bond motifs is 2. The number of nitrogens with one attached hydrogen (secondary N) is 1. The molecule has 1 atom stereocenters. The third kappa shape index (κ3) is 3.97. The van der Waals surface area contributed by atoms with Crippen molar-refractivity contribution in [1.29, 1.82) is 0 Å². The van der Waals surface area contributed by atoms with Crippen LogP contribution in [0, 0.1) is 5.82 Å². The molecule has 0 bridgehead atoms. The van der Waals surface area contributed by atoms with Gasteiger partial charge in [0.2, 0.25) is 0 Å². The average Bonchev–Trinajstić information content (AvgIpc) is 3.49. The van der Waals surface area contributed by atoms with E-state index in [1.807, 2.05) is 0 Å². The molecular formula is C25H23FN4O6S2. The van der Waals surface area contributed by atoms with E-state index in [0.717, 1.165) is 0 Å². The van der Waals surface area contributed by atoms with Crippen molar-refractivity contribution in [3.8, 4) is 0 Å². The van der Waals surface area contributed by atoms with E-state index in [-0.39, 0.29) is 34.3 Å². The van der Waals surface area contributed by atoms with E-state index in [1.165, 1.54) is 29.3 Å². The van der Waals surface area contributed by atoms with Crippen LogP contribution >= 0.6 is 0 Å². The van der Waals surface area contributed by atoms with Gasteiger partial charge in [-0.1, -0.05) is 24.3 Å². The van der Waals surface area contributed by atoms with Gasteiger partial charge in [0.15, 0.2) is 21.4 Å². The van der Waals surface area contributed by atoms with Crippen molar-refractivity contribution in [3.63, 3.8) is 0 Å². The number of hydrazine groups is 1. The van der Waals surface area contributed by atoms with Crippen molar-refractivity contribution in [2.75, 3.05) is 17.6 Å². The fourth-order valence-electron chi connectivity index (χ4n) is 5.27. The highest BCUT2D eigenvalue weighted by molar-refractivity contribution is 7.92. The number of sulfonamides is 1. The standard InChI is InChI=1S/C25H23FN4O6S2/c26-17-8-5-15(6-9-17)14-30-25(32)22(23(31)19-3-1-11-29(19)30)24-27-18-10-7-16(13-21(18)38(35,36)28-24)20-4-2-12-37(20,33)34/h3,5-10,13,20,31H,1-2,4,11-12,14H2,(H,27,28).